The van der Waals surface area contributed by atoms with Crippen LogP contribution in [0.3, 0.4) is 0 Å². The number of aliphatic hydroxyl groups excluding tert-OH is 1. The van der Waals surface area contributed by atoms with Crippen LogP contribution in [0.15, 0.2) is 36.7 Å². The van der Waals surface area contributed by atoms with Crippen LogP contribution in [0.4, 0.5) is 4.39 Å². The van der Waals surface area contributed by atoms with Crippen molar-refractivity contribution in [2.75, 3.05) is 13.1 Å². The Bertz CT molecular complexity index is 510. The molecule has 0 spiro atoms. The molecule has 2 N–H and O–H groups in total. The first-order valence-electron chi connectivity index (χ1n) is 6.27. The molecule has 0 aliphatic carbocycles. The molecule has 0 bridgehead atoms. The van der Waals surface area contributed by atoms with E-state index in [4.69, 9.17) is 0 Å². The number of aryl methyl sites for hydroxylation is 1. The van der Waals surface area contributed by atoms with Crippen LogP contribution in [0.2, 0.25) is 0 Å². The molecule has 2 aromatic rings. The molecule has 1 aromatic carbocycles. The quantitative estimate of drug-likeness (QED) is 0.775. The summed E-state index contributed by atoms with van der Waals surface area (Å²) in [5, 5.41) is 13.1. The van der Waals surface area contributed by atoms with Crippen LogP contribution in [0.25, 0.3) is 0 Å². The Hall–Kier alpha value is -1.72. The number of imidazole rings is 1. The largest absolute Gasteiger partial charge is 0.387 e. The minimum atomic E-state index is -0.623. The van der Waals surface area contributed by atoms with Gasteiger partial charge in [0.05, 0.1) is 6.10 Å². The molecule has 4 nitrogen and oxygen atoms in total. The number of aliphatic hydroxyl groups is 1. The fourth-order valence-corrected chi connectivity index (χ4v) is 1.88. The van der Waals surface area contributed by atoms with Crippen LogP contribution in [0.1, 0.15) is 17.5 Å². The lowest BCUT2D eigenvalue weighted by molar-refractivity contribution is 0.175. The molecule has 0 saturated carbocycles. The fraction of sp³-hybridized carbons (Fsp3) is 0.357. The summed E-state index contributed by atoms with van der Waals surface area (Å²) in [4.78, 5) is 4.22. The van der Waals surface area contributed by atoms with E-state index in [9.17, 15) is 9.50 Å². The molecule has 2 rings (SSSR count). The van der Waals surface area contributed by atoms with Gasteiger partial charge in [-0.15, -0.1) is 0 Å². The lowest BCUT2D eigenvalue weighted by Gasteiger charge is -2.12. The first-order valence-corrected chi connectivity index (χ1v) is 6.27. The van der Waals surface area contributed by atoms with Crippen molar-refractivity contribution >= 4 is 0 Å². The van der Waals surface area contributed by atoms with E-state index in [2.05, 4.69) is 10.3 Å². The number of halogens is 1. The minimum Gasteiger partial charge on any atom is -0.387 e. The number of rotatable bonds is 6. The highest BCUT2D eigenvalue weighted by atomic mass is 19.1. The highest BCUT2D eigenvalue weighted by Gasteiger charge is 2.07. The van der Waals surface area contributed by atoms with Crippen molar-refractivity contribution in [1.82, 2.24) is 14.9 Å². The number of hydrogen-bond acceptors (Lipinski definition) is 3. The van der Waals surface area contributed by atoms with Gasteiger partial charge in [-0.05, 0) is 17.7 Å². The second-order valence-corrected chi connectivity index (χ2v) is 4.48. The van der Waals surface area contributed by atoms with Gasteiger partial charge >= 0.3 is 0 Å². The van der Waals surface area contributed by atoms with Crippen LogP contribution < -0.4 is 5.32 Å². The summed E-state index contributed by atoms with van der Waals surface area (Å²) in [6.45, 7) is 1.18. The van der Waals surface area contributed by atoms with Crippen LogP contribution >= 0.6 is 0 Å². The molecule has 19 heavy (non-hydrogen) atoms. The maximum Gasteiger partial charge on any atom is 0.123 e. The van der Waals surface area contributed by atoms with E-state index in [0.29, 0.717) is 12.1 Å². The topological polar surface area (TPSA) is 50.1 Å². The smallest absolute Gasteiger partial charge is 0.123 e. The lowest BCUT2D eigenvalue weighted by atomic mass is 10.1. The summed E-state index contributed by atoms with van der Waals surface area (Å²) >= 11 is 0. The minimum absolute atomic E-state index is 0.293. The molecule has 5 heteroatoms. The van der Waals surface area contributed by atoms with Gasteiger partial charge in [-0.25, -0.2) is 9.37 Å². The number of nitrogens with zero attached hydrogens (tertiary/aromatic N) is 2. The molecule has 0 aliphatic rings. The Morgan fingerprint density at radius 3 is 2.74 bits per heavy atom. The first-order chi connectivity index (χ1) is 9.16. The molecule has 0 amide bonds. The molecule has 0 radical (unpaired) electrons. The van der Waals surface area contributed by atoms with E-state index in [1.165, 1.54) is 12.1 Å². The van der Waals surface area contributed by atoms with Gasteiger partial charge in [-0.2, -0.15) is 0 Å². The SMILES string of the molecule is Cn1ccnc1CCNCC(O)c1ccc(F)cc1. The van der Waals surface area contributed by atoms with E-state index < -0.39 is 6.10 Å². The van der Waals surface area contributed by atoms with Crippen molar-refractivity contribution in [3.05, 3.63) is 53.9 Å². The Kier molecular flexibility index (Phi) is 4.65. The molecular formula is C14H18FN3O. The zero-order chi connectivity index (χ0) is 13.7. The molecule has 0 saturated heterocycles. The molecular weight excluding hydrogens is 245 g/mol. The maximum absolute atomic E-state index is 12.7. The third kappa shape index (κ3) is 3.87. The monoisotopic (exact) mass is 263 g/mol. The van der Waals surface area contributed by atoms with Gasteiger partial charge in [-0.1, -0.05) is 12.1 Å². The molecule has 1 aromatic heterocycles. The first kappa shape index (κ1) is 13.7. The number of nitrogens with one attached hydrogen (secondary N) is 1. The standard InChI is InChI=1S/C14H18FN3O/c1-18-9-8-17-14(18)6-7-16-10-13(19)11-2-4-12(15)5-3-11/h2-5,8-9,13,16,19H,6-7,10H2,1H3. The Labute approximate surface area is 111 Å². The van der Waals surface area contributed by atoms with Crippen LogP contribution in [-0.4, -0.2) is 27.7 Å². The highest BCUT2D eigenvalue weighted by molar-refractivity contribution is 5.18. The van der Waals surface area contributed by atoms with Gasteiger partial charge in [0.15, 0.2) is 0 Å². The van der Waals surface area contributed by atoms with Crippen molar-refractivity contribution in [2.45, 2.75) is 12.5 Å². The van der Waals surface area contributed by atoms with E-state index in [1.54, 1.807) is 18.3 Å². The summed E-state index contributed by atoms with van der Waals surface area (Å²) in [5.41, 5.74) is 0.714. The second kappa shape index (κ2) is 6.45. The summed E-state index contributed by atoms with van der Waals surface area (Å²) in [7, 11) is 1.95. The Morgan fingerprint density at radius 1 is 1.37 bits per heavy atom. The summed E-state index contributed by atoms with van der Waals surface area (Å²) in [6, 6.07) is 5.90. The molecule has 0 aliphatic heterocycles. The van der Waals surface area contributed by atoms with E-state index in [0.717, 1.165) is 18.8 Å². The van der Waals surface area contributed by atoms with Gasteiger partial charge in [0, 0.05) is 39.0 Å². The molecule has 1 atom stereocenters. The van der Waals surface area contributed by atoms with Crippen molar-refractivity contribution in [2.24, 2.45) is 7.05 Å². The lowest BCUT2D eigenvalue weighted by Crippen LogP contribution is -2.24. The number of hydrogen-bond donors (Lipinski definition) is 2. The average Bonchev–Trinajstić information content (AvgIpc) is 2.81. The zero-order valence-electron chi connectivity index (χ0n) is 10.9. The summed E-state index contributed by atoms with van der Waals surface area (Å²) in [6.07, 6.45) is 3.85. The number of aromatic nitrogens is 2. The third-order valence-electron chi connectivity index (χ3n) is 3.04. The Balaban J connectivity index is 1.73. The van der Waals surface area contributed by atoms with Crippen LogP contribution in [-0.2, 0) is 13.5 Å². The third-order valence-corrected chi connectivity index (χ3v) is 3.04. The molecule has 1 heterocycles. The fourth-order valence-electron chi connectivity index (χ4n) is 1.88. The van der Waals surface area contributed by atoms with Gasteiger partial charge in [-0.3, -0.25) is 0 Å². The van der Waals surface area contributed by atoms with Crippen molar-refractivity contribution in [3.63, 3.8) is 0 Å². The predicted octanol–water partition coefficient (Wildman–Crippen LogP) is 1.42. The highest BCUT2D eigenvalue weighted by Crippen LogP contribution is 2.12. The van der Waals surface area contributed by atoms with Crippen molar-refractivity contribution in [3.8, 4) is 0 Å². The van der Waals surface area contributed by atoms with E-state index in [-0.39, 0.29) is 5.82 Å². The van der Waals surface area contributed by atoms with Gasteiger partial charge in [0.1, 0.15) is 11.6 Å². The second-order valence-electron chi connectivity index (χ2n) is 4.48. The number of benzene rings is 1. The van der Waals surface area contributed by atoms with E-state index in [1.807, 2.05) is 17.8 Å². The summed E-state index contributed by atoms with van der Waals surface area (Å²) < 4.78 is 14.7. The Morgan fingerprint density at radius 2 is 2.11 bits per heavy atom. The maximum atomic E-state index is 12.7. The van der Waals surface area contributed by atoms with Crippen molar-refractivity contribution in [1.29, 1.82) is 0 Å². The molecule has 0 fully saturated rings. The van der Waals surface area contributed by atoms with Gasteiger partial charge in [0.25, 0.3) is 0 Å². The molecule has 102 valence electrons. The van der Waals surface area contributed by atoms with E-state index >= 15 is 0 Å². The summed E-state index contributed by atoms with van der Waals surface area (Å²) in [5.74, 6) is 0.711. The van der Waals surface area contributed by atoms with Crippen molar-refractivity contribution < 1.29 is 9.50 Å². The normalized spacial score (nSPS) is 12.6. The predicted molar refractivity (Wildman–Crippen MR) is 71.1 cm³/mol. The average molecular weight is 263 g/mol. The molecule has 1 unspecified atom stereocenters. The van der Waals surface area contributed by atoms with Crippen LogP contribution in [0.5, 0.6) is 0 Å². The van der Waals surface area contributed by atoms with Gasteiger partial charge in [0.2, 0.25) is 0 Å². The zero-order valence-corrected chi connectivity index (χ0v) is 10.9. The van der Waals surface area contributed by atoms with Gasteiger partial charge < -0.3 is 15.0 Å². The van der Waals surface area contributed by atoms with Crippen LogP contribution in [0, 0.1) is 5.82 Å².